The Bertz CT molecular complexity index is 696. The number of fused-ring (bicyclic) bond motifs is 1. The zero-order chi connectivity index (χ0) is 15.4. The molecule has 0 bridgehead atoms. The van der Waals surface area contributed by atoms with Gasteiger partial charge in [-0.15, -0.1) is 0 Å². The van der Waals surface area contributed by atoms with Crippen molar-refractivity contribution in [1.82, 2.24) is 14.9 Å². The van der Waals surface area contributed by atoms with Crippen LogP contribution in [-0.4, -0.2) is 16.1 Å². The SMILES string of the molecule is Cc1nccn1CCCCN[C@H](C)c1cc2ccccc2o1. The standard InChI is InChI=1S/C18H23N3O/c1-14(18-13-16-7-3-4-8-17(16)22-18)19-9-5-6-11-21-12-10-20-15(21)2/h3-4,7-8,10,12-14,19H,5-6,9,11H2,1-2H3/t14-/m1/s1. The number of aromatic nitrogens is 2. The summed E-state index contributed by atoms with van der Waals surface area (Å²) in [6.07, 6.45) is 6.19. The molecule has 3 aromatic rings. The average Bonchev–Trinajstić information content (AvgIpc) is 3.13. The van der Waals surface area contributed by atoms with Crippen LogP contribution in [0.5, 0.6) is 0 Å². The molecule has 2 heterocycles. The van der Waals surface area contributed by atoms with Gasteiger partial charge in [0, 0.05) is 24.3 Å². The van der Waals surface area contributed by atoms with Crippen LogP contribution in [0, 0.1) is 6.92 Å². The first kappa shape index (κ1) is 14.9. The van der Waals surface area contributed by atoms with Gasteiger partial charge in [-0.1, -0.05) is 18.2 Å². The van der Waals surface area contributed by atoms with E-state index < -0.39 is 0 Å². The van der Waals surface area contributed by atoms with Crippen LogP contribution in [0.3, 0.4) is 0 Å². The summed E-state index contributed by atoms with van der Waals surface area (Å²) in [6.45, 7) is 6.22. The van der Waals surface area contributed by atoms with Crippen molar-refractivity contribution < 1.29 is 4.42 Å². The highest BCUT2D eigenvalue weighted by Crippen LogP contribution is 2.23. The Kier molecular flexibility index (Phi) is 4.59. The lowest BCUT2D eigenvalue weighted by atomic mass is 10.2. The van der Waals surface area contributed by atoms with Crippen molar-refractivity contribution in [2.45, 2.75) is 39.3 Å². The third-order valence-corrected chi connectivity index (χ3v) is 4.07. The van der Waals surface area contributed by atoms with Crippen LogP contribution >= 0.6 is 0 Å². The number of nitrogens with one attached hydrogen (secondary N) is 1. The molecule has 0 saturated carbocycles. The number of para-hydroxylation sites is 1. The second-order valence-corrected chi connectivity index (χ2v) is 5.74. The Morgan fingerprint density at radius 1 is 1.27 bits per heavy atom. The van der Waals surface area contributed by atoms with Crippen molar-refractivity contribution >= 4 is 11.0 Å². The van der Waals surface area contributed by atoms with Gasteiger partial charge in [0.1, 0.15) is 17.2 Å². The van der Waals surface area contributed by atoms with Crippen LogP contribution in [0.25, 0.3) is 11.0 Å². The number of benzene rings is 1. The van der Waals surface area contributed by atoms with E-state index in [2.05, 4.69) is 33.9 Å². The average molecular weight is 297 g/mol. The lowest BCUT2D eigenvalue weighted by Gasteiger charge is -2.11. The summed E-state index contributed by atoms with van der Waals surface area (Å²) < 4.78 is 8.08. The first-order chi connectivity index (χ1) is 10.7. The molecule has 22 heavy (non-hydrogen) atoms. The minimum atomic E-state index is 0.238. The molecule has 0 spiro atoms. The second-order valence-electron chi connectivity index (χ2n) is 5.74. The zero-order valence-electron chi connectivity index (χ0n) is 13.2. The Hall–Kier alpha value is -2.07. The molecule has 3 rings (SSSR count). The maximum absolute atomic E-state index is 5.89. The molecule has 1 atom stereocenters. The Balaban J connectivity index is 1.44. The summed E-state index contributed by atoms with van der Waals surface area (Å²) in [5.41, 5.74) is 0.960. The lowest BCUT2D eigenvalue weighted by molar-refractivity contribution is 0.441. The maximum atomic E-state index is 5.89. The molecular weight excluding hydrogens is 274 g/mol. The van der Waals surface area contributed by atoms with Gasteiger partial charge in [-0.2, -0.15) is 0 Å². The summed E-state index contributed by atoms with van der Waals surface area (Å²) >= 11 is 0. The number of nitrogens with zero attached hydrogens (tertiary/aromatic N) is 2. The number of imidazole rings is 1. The summed E-state index contributed by atoms with van der Waals surface area (Å²) in [4.78, 5) is 4.24. The predicted octanol–water partition coefficient (Wildman–Crippen LogP) is 4.07. The number of hydrogen-bond acceptors (Lipinski definition) is 3. The molecule has 0 radical (unpaired) electrons. The van der Waals surface area contributed by atoms with E-state index in [1.165, 1.54) is 5.39 Å². The van der Waals surface area contributed by atoms with Crippen molar-refractivity contribution in [2.24, 2.45) is 0 Å². The lowest BCUT2D eigenvalue weighted by Crippen LogP contribution is -2.19. The molecule has 0 fully saturated rings. The van der Waals surface area contributed by atoms with Gasteiger partial charge in [0.05, 0.1) is 6.04 Å². The zero-order valence-corrected chi connectivity index (χ0v) is 13.2. The second kappa shape index (κ2) is 6.79. The first-order valence-electron chi connectivity index (χ1n) is 7.93. The minimum absolute atomic E-state index is 0.238. The van der Waals surface area contributed by atoms with Crippen molar-refractivity contribution in [3.05, 3.63) is 54.3 Å². The van der Waals surface area contributed by atoms with Gasteiger partial charge in [-0.25, -0.2) is 4.98 Å². The molecule has 2 aromatic heterocycles. The molecule has 1 N–H and O–H groups in total. The summed E-state index contributed by atoms with van der Waals surface area (Å²) in [7, 11) is 0. The van der Waals surface area contributed by atoms with E-state index in [9.17, 15) is 0 Å². The van der Waals surface area contributed by atoms with Crippen LogP contribution < -0.4 is 5.32 Å². The Morgan fingerprint density at radius 2 is 2.14 bits per heavy atom. The number of unbranched alkanes of at least 4 members (excludes halogenated alkanes) is 1. The van der Waals surface area contributed by atoms with Crippen LogP contribution in [-0.2, 0) is 6.54 Å². The van der Waals surface area contributed by atoms with E-state index in [1.807, 2.05) is 37.5 Å². The molecule has 0 unspecified atom stereocenters. The first-order valence-corrected chi connectivity index (χ1v) is 7.93. The summed E-state index contributed by atoms with van der Waals surface area (Å²) in [5.74, 6) is 2.09. The van der Waals surface area contributed by atoms with E-state index >= 15 is 0 Å². The molecule has 4 heteroatoms. The number of aryl methyl sites for hydroxylation is 2. The molecule has 1 aromatic carbocycles. The van der Waals surface area contributed by atoms with Gasteiger partial charge in [0.2, 0.25) is 0 Å². The third-order valence-electron chi connectivity index (χ3n) is 4.07. The minimum Gasteiger partial charge on any atom is -0.459 e. The van der Waals surface area contributed by atoms with E-state index in [1.54, 1.807) is 0 Å². The van der Waals surface area contributed by atoms with Crippen molar-refractivity contribution in [3.63, 3.8) is 0 Å². The van der Waals surface area contributed by atoms with E-state index in [-0.39, 0.29) is 6.04 Å². The summed E-state index contributed by atoms with van der Waals surface area (Å²) in [5, 5.41) is 4.70. The number of furan rings is 1. The van der Waals surface area contributed by atoms with Crippen LogP contribution in [0.15, 0.2) is 47.1 Å². The quantitative estimate of drug-likeness (QED) is 0.668. The van der Waals surface area contributed by atoms with Crippen molar-refractivity contribution in [2.75, 3.05) is 6.54 Å². The molecule has 0 aliphatic rings. The fourth-order valence-corrected chi connectivity index (χ4v) is 2.68. The summed E-state index contributed by atoms with van der Waals surface area (Å²) in [6, 6.07) is 10.5. The highest BCUT2D eigenvalue weighted by molar-refractivity contribution is 5.77. The fourth-order valence-electron chi connectivity index (χ4n) is 2.68. The van der Waals surface area contributed by atoms with E-state index in [4.69, 9.17) is 4.42 Å². The maximum Gasteiger partial charge on any atom is 0.134 e. The molecule has 0 aliphatic carbocycles. The molecule has 0 amide bonds. The highest BCUT2D eigenvalue weighted by Gasteiger charge is 2.10. The van der Waals surface area contributed by atoms with Crippen LogP contribution in [0.4, 0.5) is 0 Å². The molecule has 0 saturated heterocycles. The largest absolute Gasteiger partial charge is 0.459 e. The van der Waals surface area contributed by atoms with E-state index in [0.29, 0.717) is 0 Å². The number of rotatable bonds is 7. The fraction of sp³-hybridized carbons (Fsp3) is 0.389. The highest BCUT2D eigenvalue weighted by atomic mass is 16.3. The van der Waals surface area contributed by atoms with Gasteiger partial charge >= 0.3 is 0 Å². The molecule has 0 aliphatic heterocycles. The van der Waals surface area contributed by atoms with Crippen molar-refractivity contribution in [1.29, 1.82) is 0 Å². The normalized spacial score (nSPS) is 12.8. The Morgan fingerprint density at radius 3 is 2.91 bits per heavy atom. The molecule has 4 nitrogen and oxygen atoms in total. The van der Waals surface area contributed by atoms with Crippen molar-refractivity contribution in [3.8, 4) is 0 Å². The Labute approximate surface area is 131 Å². The van der Waals surface area contributed by atoms with Gasteiger partial charge in [-0.05, 0) is 45.4 Å². The topological polar surface area (TPSA) is 43.0 Å². The van der Waals surface area contributed by atoms with Crippen LogP contribution in [0.2, 0.25) is 0 Å². The molecular formula is C18H23N3O. The number of hydrogen-bond donors (Lipinski definition) is 1. The van der Waals surface area contributed by atoms with Gasteiger partial charge in [0.15, 0.2) is 0 Å². The van der Waals surface area contributed by atoms with Gasteiger partial charge in [-0.3, -0.25) is 0 Å². The van der Waals surface area contributed by atoms with Gasteiger partial charge in [0.25, 0.3) is 0 Å². The smallest absolute Gasteiger partial charge is 0.134 e. The monoisotopic (exact) mass is 297 g/mol. The van der Waals surface area contributed by atoms with E-state index in [0.717, 1.165) is 43.1 Å². The predicted molar refractivity (Wildman–Crippen MR) is 88.8 cm³/mol. The van der Waals surface area contributed by atoms with Crippen LogP contribution in [0.1, 0.15) is 37.4 Å². The van der Waals surface area contributed by atoms with Gasteiger partial charge < -0.3 is 14.3 Å². The molecule has 116 valence electrons. The third kappa shape index (κ3) is 3.39.